The molecule has 0 spiro atoms. The molecule has 0 saturated carbocycles. The van der Waals surface area contributed by atoms with E-state index >= 15 is 0 Å². The van der Waals surface area contributed by atoms with Gasteiger partial charge in [-0.2, -0.15) is 0 Å². The molecule has 1 unspecified atom stereocenters. The molecule has 4 aromatic rings. The number of nitrogens with one attached hydrogen (secondary N) is 2. The topological polar surface area (TPSA) is 99.6 Å². The molecule has 2 amide bonds. The summed E-state index contributed by atoms with van der Waals surface area (Å²) in [6, 6.07) is 13.0. The summed E-state index contributed by atoms with van der Waals surface area (Å²) in [5.41, 5.74) is 5.70. The Bertz CT molecular complexity index is 1740. The maximum atomic E-state index is 13.2. The molecule has 1 aromatic carbocycles. The highest BCUT2D eigenvalue weighted by molar-refractivity contribution is 7.14. The van der Waals surface area contributed by atoms with Gasteiger partial charge in [0.05, 0.1) is 4.88 Å². The minimum atomic E-state index is -0.377. The summed E-state index contributed by atoms with van der Waals surface area (Å²) in [4.78, 5) is 49.4. The largest absolute Gasteiger partial charge is 0.343 e. The van der Waals surface area contributed by atoms with Crippen molar-refractivity contribution in [2.24, 2.45) is 7.05 Å². The van der Waals surface area contributed by atoms with Crippen LogP contribution in [0.25, 0.3) is 11.1 Å². The van der Waals surface area contributed by atoms with Gasteiger partial charge in [0, 0.05) is 55.7 Å². The molecule has 2 N–H and O–H groups in total. The number of carbonyl (C=O) groups is 2. The standard InChI is InChI=1S/C33H36N6O3S/c1-20-24(9-7-10-25(20)36-31(40)28-17-21-8-5-6-11-27(21)43-28)23-16-26(32(41)39(4)19-23)35-29-13-12-22(18-34-29)30-33(42)38(3)15-14-37(30)2/h7,9-10,12-13,16-19,30H,5-6,8,11,14-15H2,1-4H3,(H,34,35)(H,36,40). The lowest BCUT2D eigenvalue weighted by atomic mass is 9.99. The number of hydrogen-bond donors (Lipinski definition) is 2. The van der Waals surface area contributed by atoms with Gasteiger partial charge in [-0.25, -0.2) is 4.98 Å². The summed E-state index contributed by atoms with van der Waals surface area (Å²) in [5, 5.41) is 6.29. The number of nitrogens with zero attached hydrogens (tertiary/aromatic N) is 4. The summed E-state index contributed by atoms with van der Waals surface area (Å²) in [6.07, 6.45) is 7.96. The van der Waals surface area contributed by atoms with Crippen molar-refractivity contribution < 1.29 is 9.59 Å². The zero-order valence-electron chi connectivity index (χ0n) is 24.9. The number of amides is 2. The molecule has 43 heavy (non-hydrogen) atoms. The van der Waals surface area contributed by atoms with E-state index in [1.54, 1.807) is 46.3 Å². The number of aromatic nitrogens is 2. The first-order valence-electron chi connectivity index (χ1n) is 14.6. The summed E-state index contributed by atoms with van der Waals surface area (Å²) >= 11 is 1.60. The second-order valence-corrected chi connectivity index (χ2v) is 12.6. The first-order valence-corrected chi connectivity index (χ1v) is 15.4. The number of hydrogen-bond acceptors (Lipinski definition) is 7. The van der Waals surface area contributed by atoms with Crippen molar-refractivity contribution in [3.63, 3.8) is 0 Å². The van der Waals surface area contributed by atoms with Crippen LogP contribution in [0.3, 0.4) is 0 Å². The Morgan fingerprint density at radius 1 is 1.00 bits per heavy atom. The van der Waals surface area contributed by atoms with E-state index in [0.717, 1.165) is 52.2 Å². The Morgan fingerprint density at radius 3 is 2.58 bits per heavy atom. The van der Waals surface area contributed by atoms with Crippen molar-refractivity contribution in [3.05, 3.63) is 91.7 Å². The third-order valence-electron chi connectivity index (χ3n) is 8.50. The number of likely N-dealkylation sites (N-methyl/N-ethyl adjacent to an activating group) is 2. The van der Waals surface area contributed by atoms with Gasteiger partial charge in [0.2, 0.25) is 5.91 Å². The highest BCUT2D eigenvalue weighted by Crippen LogP contribution is 2.33. The van der Waals surface area contributed by atoms with Crippen LogP contribution < -0.4 is 16.2 Å². The van der Waals surface area contributed by atoms with E-state index < -0.39 is 0 Å². The monoisotopic (exact) mass is 596 g/mol. The number of rotatable bonds is 6. The predicted molar refractivity (Wildman–Crippen MR) is 171 cm³/mol. The average Bonchev–Trinajstić information content (AvgIpc) is 3.44. The van der Waals surface area contributed by atoms with Crippen LogP contribution in [0.1, 0.15) is 50.1 Å². The van der Waals surface area contributed by atoms with Crippen LogP contribution >= 0.6 is 11.3 Å². The fraction of sp³-hybridized carbons (Fsp3) is 0.333. The maximum Gasteiger partial charge on any atom is 0.274 e. The van der Waals surface area contributed by atoms with Gasteiger partial charge in [-0.1, -0.05) is 18.2 Å². The summed E-state index contributed by atoms with van der Waals surface area (Å²) in [6.45, 7) is 3.46. The number of carbonyl (C=O) groups excluding carboxylic acids is 2. The van der Waals surface area contributed by atoms with Gasteiger partial charge in [0.1, 0.15) is 17.5 Å². The van der Waals surface area contributed by atoms with Gasteiger partial charge in [-0.05, 0) is 86.2 Å². The van der Waals surface area contributed by atoms with E-state index in [1.165, 1.54) is 23.3 Å². The number of thiophene rings is 1. The van der Waals surface area contributed by atoms with Crippen molar-refractivity contribution in [1.29, 1.82) is 0 Å². The Balaban J connectivity index is 1.24. The van der Waals surface area contributed by atoms with Gasteiger partial charge in [0.25, 0.3) is 11.5 Å². The van der Waals surface area contributed by atoms with Gasteiger partial charge < -0.3 is 20.1 Å². The van der Waals surface area contributed by atoms with Crippen LogP contribution in [0.5, 0.6) is 0 Å². The van der Waals surface area contributed by atoms with E-state index in [1.807, 2.05) is 62.3 Å². The predicted octanol–water partition coefficient (Wildman–Crippen LogP) is 5.14. The molecule has 1 aliphatic heterocycles. The molecule has 10 heteroatoms. The maximum absolute atomic E-state index is 13.2. The smallest absolute Gasteiger partial charge is 0.274 e. The molecule has 4 heterocycles. The summed E-state index contributed by atoms with van der Waals surface area (Å²) < 4.78 is 1.54. The fourth-order valence-corrected chi connectivity index (χ4v) is 7.09. The van der Waals surface area contributed by atoms with Crippen molar-refractivity contribution >= 4 is 40.3 Å². The normalized spacial score (nSPS) is 17.1. The molecule has 222 valence electrons. The lowest BCUT2D eigenvalue weighted by Crippen LogP contribution is -2.49. The quantitative estimate of drug-likeness (QED) is 0.320. The van der Waals surface area contributed by atoms with Crippen molar-refractivity contribution in [2.75, 3.05) is 37.8 Å². The van der Waals surface area contributed by atoms with Gasteiger partial charge in [-0.15, -0.1) is 11.3 Å². The van der Waals surface area contributed by atoms with Crippen LogP contribution in [0.2, 0.25) is 0 Å². The molecule has 1 aliphatic carbocycles. The summed E-state index contributed by atoms with van der Waals surface area (Å²) in [7, 11) is 5.47. The van der Waals surface area contributed by atoms with Crippen LogP contribution in [-0.2, 0) is 24.7 Å². The molecular weight excluding hydrogens is 560 g/mol. The molecule has 2 aliphatic rings. The molecule has 6 rings (SSSR count). The number of piperazine rings is 1. The zero-order chi connectivity index (χ0) is 30.2. The number of aryl methyl sites for hydroxylation is 3. The highest BCUT2D eigenvalue weighted by Gasteiger charge is 2.32. The number of benzene rings is 1. The minimum absolute atomic E-state index is 0.0427. The highest BCUT2D eigenvalue weighted by atomic mass is 32.1. The average molecular weight is 597 g/mol. The van der Waals surface area contributed by atoms with E-state index in [9.17, 15) is 14.4 Å². The van der Waals surface area contributed by atoms with Gasteiger partial charge >= 0.3 is 0 Å². The molecule has 0 bridgehead atoms. The lowest BCUT2D eigenvalue weighted by molar-refractivity contribution is -0.139. The Labute approximate surface area is 255 Å². The molecule has 1 saturated heterocycles. The third kappa shape index (κ3) is 5.72. The van der Waals surface area contributed by atoms with E-state index in [4.69, 9.17) is 0 Å². The number of pyridine rings is 2. The molecule has 9 nitrogen and oxygen atoms in total. The van der Waals surface area contributed by atoms with Crippen molar-refractivity contribution in [1.82, 2.24) is 19.4 Å². The van der Waals surface area contributed by atoms with E-state index in [2.05, 4.69) is 15.6 Å². The second-order valence-electron chi connectivity index (χ2n) is 11.5. The number of anilines is 3. The molecule has 3 aromatic heterocycles. The Morgan fingerprint density at radius 2 is 1.81 bits per heavy atom. The molecular formula is C33H36N6O3S. The van der Waals surface area contributed by atoms with Gasteiger partial charge in [-0.3, -0.25) is 19.3 Å². The Hall–Kier alpha value is -4.28. The minimum Gasteiger partial charge on any atom is -0.343 e. The van der Waals surface area contributed by atoms with Crippen LogP contribution in [0.4, 0.5) is 17.2 Å². The van der Waals surface area contributed by atoms with Crippen LogP contribution in [0.15, 0.2) is 59.7 Å². The van der Waals surface area contributed by atoms with Gasteiger partial charge in [0.15, 0.2) is 0 Å². The number of fused-ring (bicyclic) bond motifs is 1. The molecule has 1 atom stereocenters. The SMILES string of the molecule is Cc1c(NC(=O)c2cc3c(s2)CCCC3)cccc1-c1cc(Nc2ccc(C3C(=O)N(C)CCN3C)cn2)c(=O)n(C)c1. The van der Waals surface area contributed by atoms with E-state index in [-0.39, 0.29) is 23.4 Å². The molecule has 0 radical (unpaired) electrons. The van der Waals surface area contributed by atoms with Crippen LogP contribution in [-0.4, -0.2) is 58.4 Å². The summed E-state index contributed by atoms with van der Waals surface area (Å²) in [5.74, 6) is 0.458. The third-order valence-corrected chi connectivity index (χ3v) is 9.74. The van der Waals surface area contributed by atoms with Crippen molar-refractivity contribution in [3.8, 4) is 11.1 Å². The fourth-order valence-electron chi connectivity index (χ4n) is 5.94. The zero-order valence-corrected chi connectivity index (χ0v) is 25.8. The Kier molecular flexibility index (Phi) is 7.89. The molecule has 1 fully saturated rings. The first-order chi connectivity index (χ1) is 20.7. The second kappa shape index (κ2) is 11.8. The van der Waals surface area contributed by atoms with Crippen LogP contribution in [0, 0.1) is 6.92 Å². The first kappa shape index (κ1) is 28.8. The van der Waals surface area contributed by atoms with E-state index in [0.29, 0.717) is 18.1 Å². The van der Waals surface area contributed by atoms with Crippen molar-refractivity contribution in [2.45, 2.75) is 38.6 Å². The lowest BCUT2D eigenvalue weighted by Gasteiger charge is -2.36.